The quantitative estimate of drug-likeness (QED) is 0.731. The molecule has 2 rings (SSSR count). The van der Waals surface area contributed by atoms with Crippen molar-refractivity contribution in [2.45, 2.75) is 38.1 Å². The van der Waals surface area contributed by atoms with Crippen LogP contribution in [0.3, 0.4) is 0 Å². The highest BCUT2D eigenvalue weighted by Gasteiger charge is 2.27. The van der Waals surface area contributed by atoms with Gasteiger partial charge in [0.25, 0.3) is 0 Å². The maximum Gasteiger partial charge on any atom is 0.0619 e. The summed E-state index contributed by atoms with van der Waals surface area (Å²) >= 11 is 0. The maximum absolute atomic E-state index is 5.63. The smallest absolute Gasteiger partial charge is 0.0619 e. The lowest BCUT2D eigenvalue weighted by Gasteiger charge is -2.33. The maximum atomic E-state index is 5.63. The minimum atomic E-state index is 0.486. The van der Waals surface area contributed by atoms with Crippen molar-refractivity contribution in [1.29, 1.82) is 0 Å². The third-order valence-electron chi connectivity index (χ3n) is 3.61. The minimum Gasteiger partial charge on any atom is -0.380 e. The van der Waals surface area contributed by atoms with Gasteiger partial charge in [0.2, 0.25) is 0 Å². The Bertz CT molecular complexity index is 351. The van der Waals surface area contributed by atoms with E-state index < -0.39 is 0 Å². The molecular formula is C15H23NO. The van der Waals surface area contributed by atoms with E-state index in [1.165, 1.54) is 18.4 Å². The van der Waals surface area contributed by atoms with Crippen LogP contribution in [0.4, 0.5) is 0 Å². The SMILES string of the molecule is CCCOCC(CC1Cc2ccccc21)NC. The van der Waals surface area contributed by atoms with Crippen LogP contribution in [-0.4, -0.2) is 26.3 Å². The molecule has 0 aliphatic heterocycles. The fourth-order valence-corrected chi connectivity index (χ4v) is 2.56. The van der Waals surface area contributed by atoms with Gasteiger partial charge < -0.3 is 10.1 Å². The molecule has 2 heteroatoms. The first-order chi connectivity index (χ1) is 8.35. The first kappa shape index (κ1) is 12.6. The van der Waals surface area contributed by atoms with Gasteiger partial charge in [-0.15, -0.1) is 0 Å². The lowest BCUT2D eigenvalue weighted by atomic mass is 9.74. The van der Waals surface area contributed by atoms with E-state index in [4.69, 9.17) is 4.74 Å². The second-order valence-electron chi connectivity index (χ2n) is 4.90. The zero-order valence-corrected chi connectivity index (χ0v) is 10.9. The molecule has 0 saturated carbocycles. The fourth-order valence-electron chi connectivity index (χ4n) is 2.56. The van der Waals surface area contributed by atoms with Crippen LogP contribution >= 0.6 is 0 Å². The molecule has 0 spiro atoms. The molecule has 1 aliphatic rings. The molecule has 2 nitrogen and oxygen atoms in total. The van der Waals surface area contributed by atoms with Crippen molar-refractivity contribution in [3.63, 3.8) is 0 Å². The van der Waals surface area contributed by atoms with Gasteiger partial charge in [-0.05, 0) is 43.4 Å². The molecule has 17 heavy (non-hydrogen) atoms. The number of hydrogen-bond acceptors (Lipinski definition) is 2. The van der Waals surface area contributed by atoms with Crippen LogP contribution < -0.4 is 5.32 Å². The molecule has 2 atom stereocenters. The van der Waals surface area contributed by atoms with E-state index in [2.05, 4.69) is 36.5 Å². The second kappa shape index (κ2) is 6.18. The molecule has 1 aliphatic carbocycles. The molecule has 0 heterocycles. The van der Waals surface area contributed by atoms with Crippen molar-refractivity contribution in [3.05, 3.63) is 35.4 Å². The average molecular weight is 233 g/mol. The predicted octanol–water partition coefficient (Wildman–Crippen LogP) is 2.73. The highest BCUT2D eigenvalue weighted by atomic mass is 16.5. The zero-order chi connectivity index (χ0) is 12.1. The molecule has 0 fully saturated rings. The molecule has 1 aromatic carbocycles. The molecule has 0 saturated heterocycles. The Morgan fingerprint density at radius 1 is 1.41 bits per heavy atom. The normalized spacial score (nSPS) is 19.5. The summed E-state index contributed by atoms with van der Waals surface area (Å²) in [6.07, 6.45) is 3.53. The lowest BCUT2D eigenvalue weighted by molar-refractivity contribution is 0.108. The monoisotopic (exact) mass is 233 g/mol. The number of fused-ring (bicyclic) bond motifs is 1. The van der Waals surface area contributed by atoms with E-state index in [0.29, 0.717) is 6.04 Å². The van der Waals surface area contributed by atoms with E-state index >= 15 is 0 Å². The Balaban J connectivity index is 1.81. The topological polar surface area (TPSA) is 21.3 Å². The predicted molar refractivity (Wildman–Crippen MR) is 71.5 cm³/mol. The number of nitrogens with one attached hydrogen (secondary N) is 1. The molecule has 1 N–H and O–H groups in total. The summed E-state index contributed by atoms with van der Waals surface area (Å²) in [5.41, 5.74) is 3.07. The first-order valence-corrected chi connectivity index (χ1v) is 6.68. The van der Waals surface area contributed by atoms with E-state index in [-0.39, 0.29) is 0 Å². The third-order valence-corrected chi connectivity index (χ3v) is 3.61. The van der Waals surface area contributed by atoms with Gasteiger partial charge in [-0.1, -0.05) is 31.2 Å². The zero-order valence-electron chi connectivity index (χ0n) is 10.9. The Labute approximate surface area is 104 Å². The summed E-state index contributed by atoms with van der Waals surface area (Å²) in [5, 5.41) is 3.37. The number of hydrogen-bond donors (Lipinski definition) is 1. The number of ether oxygens (including phenoxy) is 1. The molecular weight excluding hydrogens is 210 g/mol. The first-order valence-electron chi connectivity index (χ1n) is 6.68. The summed E-state index contributed by atoms with van der Waals surface area (Å²) in [6, 6.07) is 9.28. The van der Waals surface area contributed by atoms with Gasteiger partial charge >= 0.3 is 0 Å². The van der Waals surface area contributed by atoms with Gasteiger partial charge in [-0.3, -0.25) is 0 Å². The van der Waals surface area contributed by atoms with E-state index in [9.17, 15) is 0 Å². The molecule has 0 radical (unpaired) electrons. The van der Waals surface area contributed by atoms with Gasteiger partial charge in [-0.2, -0.15) is 0 Å². The van der Waals surface area contributed by atoms with Crippen molar-refractivity contribution in [1.82, 2.24) is 5.32 Å². The number of rotatable bonds is 7. The van der Waals surface area contributed by atoms with Crippen LogP contribution in [-0.2, 0) is 11.2 Å². The van der Waals surface area contributed by atoms with Crippen LogP contribution in [0.1, 0.15) is 36.8 Å². The number of benzene rings is 1. The van der Waals surface area contributed by atoms with Crippen molar-refractivity contribution in [3.8, 4) is 0 Å². The highest BCUT2D eigenvalue weighted by Crippen LogP contribution is 2.37. The van der Waals surface area contributed by atoms with Crippen molar-refractivity contribution in [2.24, 2.45) is 0 Å². The van der Waals surface area contributed by atoms with Crippen LogP contribution in [0.15, 0.2) is 24.3 Å². The van der Waals surface area contributed by atoms with Crippen molar-refractivity contribution >= 4 is 0 Å². The van der Waals surface area contributed by atoms with Crippen LogP contribution in [0.25, 0.3) is 0 Å². The molecule has 0 bridgehead atoms. The van der Waals surface area contributed by atoms with Crippen molar-refractivity contribution in [2.75, 3.05) is 20.3 Å². The van der Waals surface area contributed by atoms with Gasteiger partial charge in [0.15, 0.2) is 0 Å². The Morgan fingerprint density at radius 2 is 2.24 bits per heavy atom. The van der Waals surface area contributed by atoms with Crippen LogP contribution in [0.5, 0.6) is 0 Å². The molecule has 0 amide bonds. The van der Waals surface area contributed by atoms with E-state index in [1.54, 1.807) is 5.56 Å². The number of likely N-dealkylation sites (N-methyl/N-ethyl adjacent to an activating group) is 1. The van der Waals surface area contributed by atoms with Crippen LogP contribution in [0, 0.1) is 0 Å². The molecule has 0 aromatic heterocycles. The average Bonchev–Trinajstić information content (AvgIpc) is 2.34. The largest absolute Gasteiger partial charge is 0.380 e. The highest BCUT2D eigenvalue weighted by molar-refractivity contribution is 5.39. The standard InChI is InChI=1S/C15H23NO/c1-3-8-17-11-14(16-2)10-13-9-12-6-4-5-7-15(12)13/h4-7,13-14,16H,3,8-11H2,1-2H3. The Morgan fingerprint density at radius 3 is 2.94 bits per heavy atom. The van der Waals surface area contributed by atoms with Crippen molar-refractivity contribution < 1.29 is 4.74 Å². The van der Waals surface area contributed by atoms with Crippen LogP contribution in [0.2, 0.25) is 0 Å². The van der Waals surface area contributed by atoms with Gasteiger partial charge in [-0.25, -0.2) is 0 Å². The minimum absolute atomic E-state index is 0.486. The molecule has 94 valence electrons. The summed E-state index contributed by atoms with van der Waals surface area (Å²) in [7, 11) is 2.03. The van der Waals surface area contributed by atoms with Gasteiger partial charge in [0.05, 0.1) is 6.61 Å². The lowest BCUT2D eigenvalue weighted by Crippen LogP contribution is -2.34. The summed E-state index contributed by atoms with van der Waals surface area (Å²) in [5.74, 6) is 0.730. The Hall–Kier alpha value is -0.860. The summed E-state index contributed by atoms with van der Waals surface area (Å²) in [4.78, 5) is 0. The van der Waals surface area contributed by atoms with E-state index in [1.807, 2.05) is 7.05 Å². The van der Waals surface area contributed by atoms with E-state index in [0.717, 1.165) is 25.6 Å². The third kappa shape index (κ3) is 3.08. The Kier molecular flexibility index (Phi) is 4.57. The summed E-state index contributed by atoms with van der Waals surface area (Å²) < 4.78 is 5.63. The van der Waals surface area contributed by atoms with Gasteiger partial charge in [0.1, 0.15) is 0 Å². The fraction of sp³-hybridized carbons (Fsp3) is 0.600. The molecule has 1 aromatic rings. The molecule has 2 unspecified atom stereocenters. The van der Waals surface area contributed by atoms with Gasteiger partial charge in [0, 0.05) is 12.6 Å². The summed E-state index contributed by atoms with van der Waals surface area (Å²) in [6.45, 7) is 3.86. The second-order valence-corrected chi connectivity index (χ2v) is 4.90.